The Labute approximate surface area is 156 Å². The molecule has 0 N–H and O–H groups in total. The van der Waals surface area contributed by atoms with Crippen molar-refractivity contribution in [3.05, 3.63) is 64.7 Å². The summed E-state index contributed by atoms with van der Waals surface area (Å²) in [7, 11) is 0. The molecule has 0 spiro atoms. The average molecular weight is 372 g/mol. The van der Waals surface area contributed by atoms with Gasteiger partial charge in [0.05, 0.1) is 5.75 Å². The van der Waals surface area contributed by atoms with Crippen molar-refractivity contribution < 1.29 is 4.79 Å². The number of carbonyl (C=O) groups excluding carboxylic acids is 1. The Morgan fingerprint density at radius 1 is 1.16 bits per heavy atom. The van der Waals surface area contributed by atoms with E-state index in [1.165, 1.54) is 11.8 Å². The van der Waals surface area contributed by atoms with Crippen LogP contribution in [0.4, 0.5) is 0 Å². The molecule has 0 amide bonds. The summed E-state index contributed by atoms with van der Waals surface area (Å²) < 4.78 is 2.00. The number of ketones is 1. The summed E-state index contributed by atoms with van der Waals surface area (Å²) in [5.41, 5.74) is 2.66. The zero-order chi connectivity index (χ0) is 17.8. The minimum atomic E-state index is 0.0798. The van der Waals surface area contributed by atoms with Crippen LogP contribution in [0.3, 0.4) is 0 Å². The molecular weight excluding hydrogens is 354 g/mol. The van der Waals surface area contributed by atoms with E-state index < -0.39 is 0 Å². The maximum absolute atomic E-state index is 12.3. The van der Waals surface area contributed by atoms with Crippen molar-refractivity contribution in [2.45, 2.75) is 25.5 Å². The van der Waals surface area contributed by atoms with Gasteiger partial charge in [-0.05, 0) is 25.5 Å². The number of thioether (sulfide) groups is 1. The molecule has 25 heavy (non-hydrogen) atoms. The molecule has 0 atom stereocenters. The molecule has 2 aromatic carbocycles. The van der Waals surface area contributed by atoms with Crippen LogP contribution in [0.1, 0.15) is 22.8 Å². The summed E-state index contributed by atoms with van der Waals surface area (Å²) in [6.45, 7) is 4.72. The van der Waals surface area contributed by atoms with Crippen molar-refractivity contribution in [1.82, 2.24) is 14.8 Å². The molecule has 6 heteroatoms. The van der Waals surface area contributed by atoms with Crippen LogP contribution in [0, 0.1) is 6.92 Å². The monoisotopic (exact) mass is 371 g/mol. The van der Waals surface area contributed by atoms with Crippen LogP contribution in [0.15, 0.2) is 53.7 Å². The van der Waals surface area contributed by atoms with Gasteiger partial charge in [-0.1, -0.05) is 65.8 Å². The Morgan fingerprint density at radius 2 is 1.92 bits per heavy atom. The Balaban J connectivity index is 1.80. The van der Waals surface area contributed by atoms with Crippen LogP contribution >= 0.6 is 23.4 Å². The third kappa shape index (κ3) is 3.94. The zero-order valence-electron chi connectivity index (χ0n) is 14.1. The number of benzene rings is 2. The topological polar surface area (TPSA) is 47.8 Å². The smallest absolute Gasteiger partial charge is 0.191 e. The van der Waals surface area contributed by atoms with E-state index in [0.29, 0.717) is 16.3 Å². The lowest BCUT2D eigenvalue weighted by molar-refractivity contribution is 0.102. The molecule has 3 rings (SSSR count). The van der Waals surface area contributed by atoms with Crippen LogP contribution in [0.5, 0.6) is 0 Å². The van der Waals surface area contributed by atoms with Crippen molar-refractivity contribution in [2.75, 3.05) is 5.75 Å². The second-order valence-electron chi connectivity index (χ2n) is 5.59. The number of aromatic nitrogens is 3. The first-order valence-electron chi connectivity index (χ1n) is 8.01. The summed E-state index contributed by atoms with van der Waals surface area (Å²) >= 11 is 7.63. The molecule has 1 aromatic heterocycles. The van der Waals surface area contributed by atoms with Crippen LogP contribution in [-0.4, -0.2) is 26.3 Å². The van der Waals surface area contributed by atoms with E-state index in [1.54, 1.807) is 0 Å². The molecule has 0 saturated carbocycles. The van der Waals surface area contributed by atoms with E-state index in [-0.39, 0.29) is 5.78 Å². The van der Waals surface area contributed by atoms with Crippen molar-refractivity contribution >= 4 is 29.1 Å². The molecule has 0 aliphatic heterocycles. The molecule has 0 fully saturated rings. The summed E-state index contributed by atoms with van der Waals surface area (Å²) in [6.07, 6.45) is 0. The molecule has 4 nitrogen and oxygen atoms in total. The number of hydrogen-bond acceptors (Lipinski definition) is 4. The van der Waals surface area contributed by atoms with Gasteiger partial charge in [0.25, 0.3) is 0 Å². The highest BCUT2D eigenvalue weighted by Crippen LogP contribution is 2.27. The highest BCUT2D eigenvalue weighted by molar-refractivity contribution is 7.99. The van der Waals surface area contributed by atoms with E-state index >= 15 is 0 Å². The number of aryl methyl sites for hydroxylation is 1. The molecule has 1 heterocycles. The summed E-state index contributed by atoms with van der Waals surface area (Å²) in [5, 5.41) is 10.0. The zero-order valence-corrected chi connectivity index (χ0v) is 15.6. The predicted molar refractivity (Wildman–Crippen MR) is 102 cm³/mol. The Kier molecular flexibility index (Phi) is 5.56. The normalized spacial score (nSPS) is 10.8. The van der Waals surface area contributed by atoms with Gasteiger partial charge < -0.3 is 4.57 Å². The molecule has 0 aliphatic rings. The molecule has 0 radical (unpaired) electrons. The number of rotatable bonds is 6. The Morgan fingerprint density at radius 3 is 2.60 bits per heavy atom. The number of carbonyl (C=O) groups is 1. The first-order valence-corrected chi connectivity index (χ1v) is 9.37. The van der Waals surface area contributed by atoms with Gasteiger partial charge in [0.2, 0.25) is 0 Å². The SMILES string of the molecule is CCn1c(SCC(=O)c2ccccc2)nnc1-c1ccc(C)c(Cl)c1. The van der Waals surface area contributed by atoms with Gasteiger partial charge in [-0.3, -0.25) is 4.79 Å². The highest BCUT2D eigenvalue weighted by Gasteiger charge is 2.15. The van der Waals surface area contributed by atoms with Crippen molar-refractivity contribution in [1.29, 1.82) is 0 Å². The minimum Gasteiger partial charge on any atom is -0.302 e. The highest BCUT2D eigenvalue weighted by atomic mass is 35.5. The van der Waals surface area contributed by atoms with E-state index in [2.05, 4.69) is 10.2 Å². The number of hydrogen-bond donors (Lipinski definition) is 0. The second kappa shape index (κ2) is 7.85. The molecule has 0 aliphatic carbocycles. The van der Waals surface area contributed by atoms with Gasteiger partial charge in [-0.25, -0.2) is 0 Å². The molecular formula is C19H18ClN3OS. The van der Waals surface area contributed by atoms with Gasteiger partial charge in [0.15, 0.2) is 16.8 Å². The summed E-state index contributed by atoms with van der Waals surface area (Å²) in [4.78, 5) is 12.3. The fourth-order valence-corrected chi connectivity index (χ4v) is 3.54. The number of Topliss-reactive ketones (excluding diaryl/α,β-unsaturated/α-hetero) is 1. The van der Waals surface area contributed by atoms with E-state index in [1.807, 2.05) is 66.9 Å². The van der Waals surface area contributed by atoms with Crippen molar-refractivity contribution in [3.8, 4) is 11.4 Å². The lowest BCUT2D eigenvalue weighted by Crippen LogP contribution is -2.05. The van der Waals surface area contributed by atoms with E-state index in [9.17, 15) is 4.79 Å². The summed E-state index contributed by atoms with van der Waals surface area (Å²) in [6, 6.07) is 15.1. The predicted octanol–water partition coefficient (Wildman–Crippen LogP) is 4.90. The quantitative estimate of drug-likeness (QED) is 0.456. The lowest BCUT2D eigenvalue weighted by Gasteiger charge is -2.08. The van der Waals surface area contributed by atoms with Crippen molar-refractivity contribution in [2.24, 2.45) is 0 Å². The largest absolute Gasteiger partial charge is 0.302 e. The van der Waals surface area contributed by atoms with Gasteiger partial charge in [-0.2, -0.15) is 0 Å². The second-order valence-corrected chi connectivity index (χ2v) is 6.94. The molecule has 3 aromatic rings. The minimum absolute atomic E-state index is 0.0798. The van der Waals surface area contributed by atoms with Crippen LogP contribution in [-0.2, 0) is 6.54 Å². The molecule has 0 unspecified atom stereocenters. The Hall–Kier alpha value is -2.11. The maximum Gasteiger partial charge on any atom is 0.191 e. The van der Waals surface area contributed by atoms with Gasteiger partial charge in [0, 0.05) is 22.7 Å². The van der Waals surface area contributed by atoms with Crippen molar-refractivity contribution in [3.63, 3.8) is 0 Å². The maximum atomic E-state index is 12.3. The first-order chi connectivity index (χ1) is 12.1. The molecule has 128 valence electrons. The Bertz CT molecular complexity index is 893. The fourth-order valence-electron chi connectivity index (χ4n) is 2.46. The van der Waals surface area contributed by atoms with E-state index in [4.69, 9.17) is 11.6 Å². The van der Waals surface area contributed by atoms with Gasteiger partial charge in [-0.15, -0.1) is 10.2 Å². The number of nitrogens with zero attached hydrogens (tertiary/aromatic N) is 3. The van der Waals surface area contributed by atoms with Crippen LogP contribution in [0.2, 0.25) is 5.02 Å². The molecule has 0 bridgehead atoms. The third-order valence-corrected chi connectivity index (χ3v) is 5.27. The number of halogens is 1. The standard InChI is InChI=1S/C19H18ClN3OS/c1-3-23-18(15-10-9-13(2)16(20)11-15)21-22-19(23)25-12-17(24)14-7-5-4-6-8-14/h4-11H,3,12H2,1-2H3. The molecule has 0 saturated heterocycles. The lowest BCUT2D eigenvalue weighted by atomic mass is 10.1. The summed E-state index contributed by atoms with van der Waals surface area (Å²) in [5.74, 6) is 1.17. The third-order valence-electron chi connectivity index (χ3n) is 3.89. The van der Waals surface area contributed by atoms with E-state index in [0.717, 1.165) is 28.7 Å². The van der Waals surface area contributed by atoms with Gasteiger partial charge in [0.1, 0.15) is 0 Å². The first kappa shape index (κ1) is 17.7. The van der Waals surface area contributed by atoms with Crippen LogP contribution in [0.25, 0.3) is 11.4 Å². The fraction of sp³-hybridized carbons (Fsp3) is 0.211. The van der Waals surface area contributed by atoms with Crippen LogP contribution < -0.4 is 0 Å². The van der Waals surface area contributed by atoms with Gasteiger partial charge >= 0.3 is 0 Å². The average Bonchev–Trinajstić information content (AvgIpc) is 3.05.